The highest BCUT2D eigenvalue weighted by Gasteiger charge is 2.32. The lowest BCUT2D eigenvalue weighted by molar-refractivity contribution is 0.0499. The Morgan fingerprint density at radius 3 is 2.89 bits per heavy atom. The van der Waals surface area contributed by atoms with Crippen molar-refractivity contribution in [2.24, 2.45) is 11.7 Å². The average molecular weight is 264 g/mol. The van der Waals surface area contributed by atoms with Gasteiger partial charge >= 0.3 is 0 Å². The Morgan fingerprint density at radius 1 is 1.58 bits per heavy atom. The maximum Gasteiger partial charge on any atom is 0.289 e. The summed E-state index contributed by atoms with van der Waals surface area (Å²) in [5, 5.41) is 0. The van der Waals surface area contributed by atoms with Gasteiger partial charge in [-0.25, -0.2) is 0 Å². The quantitative estimate of drug-likeness (QED) is 0.911. The first-order chi connectivity index (χ1) is 9.08. The molecule has 0 aliphatic carbocycles. The Morgan fingerprint density at radius 2 is 2.32 bits per heavy atom. The van der Waals surface area contributed by atoms with E-state index in [1.165, 1.54) is 0 Å². The second kappa shape index (κ2) is 5.78. The lowest BCUT2D eigenvalue weighted by atomic mass is 9.90. The molecule has 0 spiro atoms. The third-order valence-electron chi connectivity index (χ3n) is 4.17. The Kier molecular flexibility index (Phi) is 4.30. The van der Waals surface area contributed by atoms with E-state index in [1.54, 1.807) is 0 Å². The fourth-order valence-electron chi connectivity index (χ4n) is 2.98. The predicted octanol–water partition coefficient (Wildman–Crippen LogP) is 2.35. The molecule has 1 saturated heterocycles. The highest BCUT2D eigenvalue weighted by Crippen LogP contribution is 2.25. The third kappa shape index (κ3) is 2.68. The van der Waals surface area contributed by atoms with E-state index in [1.807, 2.05) is 24.8 Å². The maximum absolute atomic E-state index is 12.6. The van der Waals surface area contributed by atoms with Crippen molar-refractivity contribution >= 4 is 5.91 Å². The number of nitrogens with two attached hydrogens (primary N) is 1. The minimum Gasteiger partial charge on any atom is -0.456 e. The summed E-state index contributed by atoms with van der Waals surface area (Å²) >= 11 is 0. The smallest absolute Gasteiger partial charge is 0.289 e. The number of aryl methyl sites for hydroxylation is 2. The second-order valence-corrected chi connectivity index (χ2v) is 5.49. The summed E-state index contributed by atoms with van der Waals surface area (Å²) in [4.78, 5) is 14.5. The van der Waals surface area contributed by atoms with Crippen molar-refractivity contribution in [3.63, 3.8) is 0 Å². The first-order valence-corrected chi connectivity index (χ1v) is 7.18. The molecular weight excluding hydrogens is 240 g/mol. The molecule has 1 aromatic heterocycles. The van der Waals surface area contributed by atoms with Crippen LogP contribution in [0.25, 0.3) is 0 Å². The molecule has 19 heavy (non-hydrogen) atoms. The monoisotopic (exact) mass is 264 g/mol. The standard InChI is InChI=1S/C15H24N2O2/c1-4-13-11(3)8-14(19-13)15(18)17-7-5-6-10(2)12(17)9-16/h8,10,12H,4-7,9,16H2,1-3H3/t10-,12+/m0/s1. The van der Waals surface area contributed by atoms with Gasteiger partial charge in [-0.05, 0) is 37.3 Å². The largest absolute Gasteiger partial charge is 0.456 e. The van der Waals surface area contributed by atoms with Crippen molar-refractivity contribution in [2.45, 2.75) is 46.1 Å². The van der Waals surface area contributed by atoms with Gasteiger partial charge in [0.15, 0.2) is 5.76 Å². The first-order valence-electron chi connectivity index (χ1n) is 7.18. The van der Waals surface area contributed by atoms with Gasteiger partial charge in [-0.1, -0.05) is 13.8 Å². The van der Waals surface area contributed by atoms with Crippen LogP contribution >= 0.6 is 0 Å². The summed E-state index contributed by atoms with van der Waals surface area (Å²) in [5.41, 5.74) is 6.89. The predicted molar refractivity (Wildman–Crippen MR) is 75.1 cm³/mol. The van der Waals surface area contributed by atoms with Crippen molar-refractivity contribution < 1.29 is 9.21 Å². The van der Waals surface area contributed by atoms with Crippen molar-refractivity contribution in [3.05, 3.63) is 23.2 Å². The van der Waals surface area contributed by atoms with Gasteiger partial charge in [0.2, 0.25) is 0 Å². The Hall–Kier alpha value is -1.29. The number of carbonyl (C=O) groups excluding carboxylic acids is 1. The van der Waals surface area contributed by atoms with Gasteiger partial charge in [0.05, 0.1) is 0 Å². The minimum absolute atomic E-state index is 0.00944. The van der Waals surface area contributed by atoms with E-state index < -0.39 is 0 Å². The molecule has 106 valence electrons. The third-order valence-corrected chi connectivity index (χ3v) is 4.17. The molecule has 2 N–H and O–H groups in total. The van der Waals surface area contributed by atoms with E-state index in [2.05, 4.69) is 6.92 Å². The lowest BCUT2D eigenvalue weighted by Crippen LogP contribution is -2.51. The Bertz CT molecular complexity index is 453. The lowest BCUT2D eigenvalue weighted by Gasteiger charge is -2.38. The number of amides is 1. The second-order valence-electron chi connectivity index (χ2n) is 5.49. The summed E-state index contributed by atoms with van der Waals surface area (Å²) in [7, 11) is 0. The number of rotatable bonds is 3. The van der Waals surface area contributed by atoms with E-state index in [0.29, 0.717) is 18.2 Å². The molecule has 1 aliphatic heterocycles. The summed E-state index contributed by atoms with van der Waals surface area (Å²) in [5.74, 6) is 1.81. The van der Waals surface area contributed by atoms with Crippen LogP contribution in [0, 0.1) is 12.8 Å². The molecule has 0 aromatic carbocycles. The van der Waals surface area contributed by atoms with Crippen molar-refractivity contribution in [1.29, 1.82) is 0 Å². The topological polar surface area (TPSA) is 59.5 Å². The van der Waals surface area contributed by atoms with E-state index >= 15 is 0 Å². The summed E-state index contributed by atoms with van der Waals surface area (Å²) in [6.07, 6.45) is 3.00. The molecule has 0 saturated carbocycles. The van der Waals surface area contributed by atoms with Crippen LogP contribution in [0.3, 0.4) is 0 Å². The van der Waals surface area contributed by atoms with Crippen LogP contribution in [0.4, 0.5) is 0 Å². The van der Waals surface area contributed by atoms with Gasteiger partial charge < -0.3 is 15.1 Å². The van der Waals surface area contributed by atoms with Gasteiger partial charge in [-0.2, -0.15) is 0 Å². The van der Waals surface area contributed by atoms with Gasteiger partial charge in [0.1, 0.15) is 5.76 Å². The zero-order chi connectivity index (χ0) is 14.0. The molecule has 4 nitrogen and oxygen atoms in total. The molecule has 4 heteroatoms. The van der Waals surface area contributed by atoms with Crippen molar-refractivity contribution in [1.82, 2.24) is 4.90 Å². The molecule has 1 fully saturated rings. The van der Waals surface area contributed by atoms with E-state index in [-0.39, 0.29) is 11.9 Å². The molecule has 0 radical (unpaired) electrons. The fraction of sp³-hybridized carbons (Fsp3) is 0.667. The van der Waals surface area contributed by atoms with E-state index in [0.717, 1.165) is 37.1 Å². The molecule has 2 heterocycles. The van der Waals surface area contributed by atoms with E-state index in [4.69, 9.17) is 10.2 Å². The Balaban J connectivity index is 2.21. The molecule has 1 aliphatic rings. The number of piperidine rings is 1. The summed E-state index contributed by atoms with van der Waals surface area (Å²) in [6, 6.07) is 1.99. The number of hydrogen-bond acceptors (Lipinski definition) is 3. The summed E-state index contributed by atoms with van der Waals surface area (Å²) < 4.78 is 5.67. The highest BCUT2D eigenvalue weighted by molar-refractivity contribution is 5.92. The highest BCUT2D eigenvalue weighted by atomic mass is 16.4. The van der Waals surface area contributed by atoms with Crippen LogP contribution in [0.2, 0.25) is 0 Å². The number of carbonyl (C=O) groups is 1. The zero-order valence-corrected chi connectivity index (χ0v) is 12.1. The molecule has 2 rings (SSSR count). The maximum atomic E-state index is 12.6. The van der Waals surface area contributed by atoms with Gasteiger partial charge in [0, 0.05) is 25.6 Å². The number of likely N-dealkylation sites (tertiary alicyclic amines) is 1. The fourth-order valence-corrected chi connectivity index (χ4v) is 2.98. The molecule has 0 unspecified atom stereocenters. The zero-order valence-electron chi connectivity index (χ0n) is 12.1. The van der Waals surface area contributed by atoms with Crippen LogP contribution in [0.15, 0.2) is 10.5 Å². The molecule has 2 atom stereocenters. The summed E-state index contributed by atoms with van der Waals surface area (Å²) in [6.45, 7) is 7.49. The van der Waals surface area contributed by atoms with Gasteiger partial charge in [-0.3, -0.25) is 4.79 Å². The van der Waals surface area contributed by atoms with Gasteiger partial charge in [-0.15, -0.1) is 0 Å². The molecule has 1 amide bonds. The number of furan rings is 1. The minimum atomic E-state index is -0.00944. The van der Waals surface area contributed by atoms with Crippen LogP contribution in [-0.4, -0.2) is 29.9 Å². The normalized spacial score (nSPS) is 23.7. The molecule has 0 bridgehead atoms. The molecular formula is C15H24N2O2. The van der Waals surface area contributed by atoms with Crippen molar-refractivity contribution in [3.8, 4) is 0 Å². The first kappa shape index (κ1) is 14.1. The number of nitrogens with zero attached hydrogens (tertiary/aromatic N) is 1. The SMILES string of the molecule is CCc1oc(C(=O)N2CCC[C@H](C)[C@H]2CN)cc1C. The van der Waals surface area contributed by atoms with Crippen LogP contribution in [0.5, 0.6) is 0 Å². The van der Waals surface area contributed by atoms with Crippen LogP contribution < -0.4 is 5.73 Å². The van der Waals surface area contributed by atoms with Crippen LogP contribution in [0.1, 0.15) is 48.6 Å². The van der Waals surface area contributed by atoms with Crippen LogP contribution in [-0.2, 0) is 6.42 Å². The van der Waals surface area contributed by atoms with E-state index in [9.17, 15) is 4.79 Å². The average Bonchev–Trinajstić information content (AvgIpc) is 2.78. The van der Waals surface area contributed by atoms with Crippen molar-refractivity contribution in [2.75, 3.05) is 13.1 Å². The molecule has 1 aromatic rings. The van der Waals surface area contributed by atoms with Gasteiger partial charge in [0.25, 0.3) is 5.91 Å². The Labute approximate surface area is 114 Å². The number of hydrogen-bond donors (Lipinski definition) is 1.